The first-order valence-corrected chi connectivity index (χ1v) is 11.6. The fraction of sp³-hybridized carbons (Fsp3) is 0.480. The van der Waals surface area contributed by atoms with E-state index >= 15 is 0 Å². The number of hydrogen-bond donors (Lipinski definition) is 2. The van der Waals surface area contributed by atoms with Crippen molar-refractivity contribution in [1.29, 1.82) is 0 Å². The quantitative estimate of drug-likeness (QED) is 0.190. The molecule has 2 N–H and O–H groups in total. The zero-order valence-electron chi connectivity index (χ0n) is 19.4. The highest BCUT2D eigenvalue weighted by atomic mass is 127. The molecule has 0 bridgehead atoms. The number of aromatic nitrogens is 1. The predicted molar refractivity (Wildman–Crippen MR) is 144 cm³/mol. The monoisotopic (exact) mass is 565 g/mol. The van der Waals surface area contributed by atoms with E-state index in [2.05, 4.69) is 22.8 Å². The van der Waals surface area contributed by atoms with Gasteiger partial charge in [0.1, 0.15) is 0 Å². The summed E-state index contributed by atoms with van der Waals surface area (Å²) in [4.78, 5) is 30.8. The third-order valence-electron chi connectivity index (χ3n) is 5.68. The van der Waals surface area contributed by atoms with E-state index in [1.165, 1.54) is 5.56 Å². The number of unbranched alkanes of at least 4 members (excludes halogenated alkanes) is 1. The second-order valence-corrected chi connectivity index (χ2v) is 8.23. The van der Waals surface area contributed by atoms with Gasteiger partial charge in [0.05, 0.1) is 0 Å². The summed E-state index contributed by atoms with van der Waals surface area (Å²) in [6.45, 7) is 6.54. The minimum atomic E-state index is 0. The van der Waals surface area contributed by atoms with Gasteiger partial charge in [0.15, 0.2) is 5.96 Å². The highest BCUT2D eigenvalue weighted by molar-refractivity contribution is 14.0. The van der Waals surface area contributed by atoms with Gasteiger partial charge in [0.25, 0.3) is 0 Å². The molecule has 0 saturated carbocycles. The van der Waals surface area contributed by atoms with Gasteiger partial charge in [0, 0.05) is 63.9 Å². The zero-order valence-corrected chi connectivity index (χ0v) is 21.7. The molecule has 1 aliphatic heterocycles. The van der Waals surface area contributed by atoms with Crippen molar-refractivity contribution in [2.24, 2.45) is 10.9 Å². The Morgan fingerprint density at radius 3 is 2.58 bits per heavy atom. The molecule has 1 aromatic heterocycles. The Labute approximate surface area is 213 Å². The molecule has 1 unspecified atom stereocenters. The number of benzene rings is 1. The summed E-state index contributed by atoms with van der Waals surface area (Å²) in [7, 11) is 0. The minimum absolute atomic E-state index is 0. The predicted octanol–water partition coefficient (Wildman–Crippen LogP) is 2.89. The molecular formula is C25H36IN5O2. The summed E-state index contributed by atoms with van der Waals surface area (Å²) in [5.74, 6) is 1.29. The Morgan fingerprint density at radius 2 is 1.82 bits per heavy atom. The van der Waals surface area contributed by atoms with Crippen LogP contribution in [0.4, 0.5) is 0 Å². The number of aryl methyl sites for hydroxylation is 1. The number of nitrogens with zero attached hydrogens (tertiary/aromatic N) is 3. The van der Waals surface area contributed by atoms with E-state index in [-0.39, 0.29) is 41.4 Å². The molecule has 0 radical (unpaired) electrons. The minimum Gasteiger partial charge on any atom is -0.357 e. The van der Waals surface area contributed by atoms with Gasteiger partial charge in [-0.25, -0.2) is 0 Å². The van der Waals surface area contributed by atoms with E-state index in [1.54, 1.807) is 16.7 Å². The first kappa shape index (κ1) is 26.9. The van der Waals surface area contributed by atoms with Crippen molar-refractivity contribution in [3.05, 3.63) is 70.6 Å². The van der Waals surface area contributed by atoms with Crippen LogP contribution in [0, 0.1) is 5.92 Å². The van der Waals surface area contributed by atoms with Gasteiger partial charge >= 0.3 is 0 Å². The maximum Gasteiger partial charge on any atom is 0.250 e. The third-order valence-corrected chi connectivity index (χ3v) is 5.68. The number of rotatable bonds is 11. The summed E-state index contributed by atoms with van der Waals surface area (Å²) < 4.78 is 1.74. The Bertz CT molecular complexity index is 932. The lowest BCUT2D eigenvalue weighted by atomic mass is 10.1. The van der Waals surface area contributed by atoms with Crippen molar-refractivity contribution in [3.8, 4) is 0 Å². The fourth-order valence-corrected chi connectivity index (χ4v) is 3.92. The number of pyridine rings is 1. The Kier molecular flexibility index (Phi) is 12.0. The Morgan fingerprint density at radius 1 is 1.03 bits per heavy atom. The normalized spacial score (nSPS) is 15.9. The van der Waals surface area contributed by atoms with Crippen LogP contribution in [0.15, 0.2) is 64.5 Å². The van der Waals surface area contributed by atoms with Crippen molar-refractivity contribution >= 4 is 35.8 Å². The van der Waals surface area contributed by atoms with E-state index in [0.29, 0.717) is 13.0 Å². The number of guanidine groups is 1. The van der Waals surface area contributed by atoms with Gasteiger partial charge in [-0.1, -0.05) is 36.4 Å². The second kappa shape index (κ2) is 14.7. The first-order valence-electron chi connectivity index (χ1n) is 11.6. The number of carbonyl (C=O) groups excluding carboxylic acids is 1. The van der Waals surface area contributed by atoms with Gasteiger partial charge in [-0.3, -0.25) is 14.6 Å². The topological polar surface area (TPSA) is 78.7 Å². The molecule has 8 heteroatoms. The number of halogens is 1. The van der Waals surface area contributed by atoms with E-state index in [4.69, 9.17) is 4.99 Å². The first-order chi connectivity index (χ1) is 15.7. The van der Waals surface area contributed by atoms with Gasteiger partial charge in [-0.2, -0.15) is 0 Å². The molecule has 0 aliphatic carbocycles. The summed E-state index contributed by atoms with van der Waals surface area (Å²) in [5.41, 5.74) is 1.30. The number of likely N-dealkylation sites (tertiary alicyclic amines) is 1. The van der Waals surface area contributed by atoms with Gasteiger partial charge in [0.2, 0.25) is 11.5 Å². The zero-order chi connectivity index (χ0) is 22.6. The van der Waals surface area contributed by atoms with Gasteiger partial charge in [-0.05, 0) is 37.8 Å². The van der Waals surface area contributed by atoms with Crippen molar-refractivity contribution in [2.45, 2.75) is 39.2 Å². The number of nitrogens with one attached hydrogen (secondary N) is 2. The van der Waals surface area contributed by atoms with Crippen LogP contribution in [0.3, 0.4) is 0 Å². The smallest absolute Gasteiger partial charge is 0.250 e. The molecule has 1 saturated heterocycles. The SMILES string of the molecule is CCNC(=NCC1CC(=O)N(CCc2ccccc2)C1)NCCCCn1ccccc1=O.I. The van der Waals surface area contributed by atoms with Crippen LogP contribution in [0.1, 0.15) is 31.7 Å². The van der Waals surface area contributed by atoms with E-state index < -0.39 is 0 Å². The maximum absolute atomic E-state index is 12.4. The molecule has 1 aromatic carbocycles. The number of aliphatic imine (C=N–C) groups is 1. The van der Waals surface area contributed by atoms with Crippen molar-refractivity contribution in [3.63, 3.8) is 0 Å². The molecule has 33 heavy (non-hydrogen) atoms. The lowest BCUT2D eigenvalue weighted by Gasteiger charge is -2.16. The highest BCUT2D eigenvalue weighted by Gasteiger charge is 2.28. The van der Waals surface area contributed by atoms with Gasteiger partial charge in [-0.15, -0.1) is 24.0 Å². The Hall–Kier alpha value is -2.36. The number of carbonyl (C=O) groups is 1. The van der Waals surface area contributed by atoms with E-state index in [1.807, 2.05) is 42.3 Å². The number of hydrogen-bond acceptors (Lipinski definition) is 3. The number of amides is 1. The molecule has 7 nitrogen and oxygen atoms in total. The molecular weight excluding hydrogens is 529 g/mol. The molecule has 2 aromatic rings. The molecule has 1 aliphatic rings. The molecule has 1 amide bonds. The van der Waals surface area contributed by atoms with Crippen molar-refractivity contribution in [2.75, 3.05) is 32.7 Å². The Balaban J connectivity index is 0.00000385. The average molecular weight is 566 g/mol. The highest BCUT2D eigenvalue weighted by Crippen LogP contribution is 2.18. The largest absolute Gasteiger partial charge is 0.357 e. The van der Waals surface area contributed by atoms with Crippen LogP contribution in [0.2, 0.25) is 0 Å². The van der Waals surface area contributed by atoms with Crippen LogP contribution in [0.5, 0.6) is 0 Å². The molecule has 1 atom stereocenters. The molecule has 0 spiro atoms. The molecule has 2 heterocycles. The lowest BCUT2D eigenvalue weighted by molar-refractivity contribution is -0.127. The van der Waals surface area contributed by atoms with Crippen LogP contribution in [0.25, 0.3) is 0 Å². The van der Waals surface area contributed by atoms with E-state index in [9.17, 15) is 9.59 Å². The average Bonchev–Trinajstić information content (AvgIpc) is 3.17. The summed E-state index contributed by atoms with van der Waals surface area (Å²) in [6, 6.07) is 15.5. The van der Waals surface area contributed by atoms with Gasteiger partial charge < -0.3 is 20.1 Å². The lowest BCUT2D eigenvalue weighted by Crippen LogP contribution is -2.38. The van der Waals surface area contributed by atoms with Crippen LogP contribution in [-0.2, 0) is 17.8 Å². The fourth-order valence-electron chi connectivity index (χ4n) is 3.92. The summed E-state index contributed by atoms with van der Waals surface area (Å²) in [5, 5.41) is 6.65. The molecule has 3 rings (SSSR count). The van der Waals surface area contributed by atoms with E-state index in [0.717, 1.165) is 57.9 Å². The van der Waals surface area contributed by atoms with Crippen molar-refractivity contribution < 1.29 is 4.79 Å². The van der Waals surface area contributed by atoms with Crippen molar-refractivity contribution in [1.82, 2.24) is 20.1 Å². The standard InChI is InChI=1S/C25H35N5O2.HI/c1-2-26-25(27-14-7-9-16-29-15-8-6-12-23(29)31)28-19-22-18-24(32)30(20-22)17-13-21-10-4-3-5-11-21;/h3-6,8,10-12,15,22H,2,7,9,13-14,16-20H2,1H3,(H2,26,27,28);1H. The summed E-state index contributed by atoms with van der Waals surface area (Å²) >= 11 is 0. The van der Waals surface area contributed by atoms with Crippen LogP contribution in [-0.4, -0.2) is 54.1 Å². The third kappa shape index (κ3) is 9.19. The second-order valence-electron chi connectivity index (χ2n) is 8.23. The molecule has 1 fully saturated rings. The molecule has 180 valence electrons. The van der Waals surface area contributed by atoms with Crippen LogP contribution < -0.4 is 16.2 Å². The maximum atomic E-state index is 12.4. The van der Waals surface area contributed by atoms with Crippen LogP contribution >= 0.6 is 24.0 Å². The summed E-state index contributed by atoms with van der Waals surface area (Å²) in [6.07, 6.45) is 5.16.